The van der Waals surface area contributed by atoms with Gasteiger partial charge in [-0.05, 0) is 47.2 Å². The third-order valence-corrected chi connectivity index (χ3v) is 5.91. The highest BCUT2D eigenvalue weighted by atomic mass is 32.2. The highest BCUT2D eigenvalue weighted by Crippen LogP contribution is 2.24. The van der Waals surface area contributed by atoms with Crippen molar-refractivity contribution in [3.05, 3.63) is 0 Å². The molecule has 0 saturated carbocycles. The van der Waals surface area contributed by atoms with Crippen molar-refractivity contribution in [2.45, 2.75) is 60.0 Å². The first kappa shape index (κ1) is 22.8. The van der Waals surface area contributed by atoms with Gasteiger partial charge in [0.15, 0.2) is 0 Å². The van der Waals surface area contributed by atoms with E-state index < -0.39 is 15.6 Å². The Morgan fingerprint density at radius 3 is 1.61 bits per heavy atom. The molecule has 0 amide bonds. The molecule has 23 heavy (non-hydrogen) atoms. The smallest absolute Gasteiger partial charge is 0.211 e. The van der Waals surface area contributed by atoms with Crippen LogP contribution in [0.1, 0.15) is 48.5 Å². The Labute approximate surface area is 145 Å². The van der Waals surface area contributed by atoms with Gasteiger partial charge in [-0.1, -0.05) is 20.8 Å². The predicted molar refractivity (Wildman–Crippen MR) is 100 cm³/mol. The summed E-state index contributed by atoms with van der Waals surface area (Å²) in [6, 6.07) is 0.379. The van der Waals surface area contributed by atoms with Crippen LogP contribution in [0.3, 0.4) is 0 Å². The molecule has 0 aliphatic carbocycles. The van der Waals surface area contributed by atoms with Crippen molar-refractivity contribution < 1.29 is 8.42 Å². The van der Waals surface area contributed by atoms with Crippen LogP contribution in [0.15, 0.2) is 0 Å². The molecule has 0 radical (unpaired) electrons. The maximum atomic E-state index is 12.1. The molecule has 0 bridgehead atoms. The maximum Gasteiger partial charge on any atom is 0.211 e. The van der Waals surface area contributed by atoms with Crippen LogP contribution in [0, 0.1) is 5.41 Å². The number of hydrogen-bond donors (Lipinski definition) is 0. The topological polar surface area (TPSA) is 43.9 Å². The summed E-state index contributed by atoms with van der Waals surface area (Å²) in [6.45, 7) is 18.0. The van der Waals surface area contributed by atoms with Gasteiger partial charge in [0, 0.05) is 37.8 Å². The molecule has 0 aliphatic rings. The van der Waals surface area contributed by atoms with Gasteiger partial charge in [-0.3, -0.25) is 4.90 Å². The second-order valence-electron chi connectivity index (χ2n) is 8.89. The van der Waals surface area contributed by atoms with E-state index in [1.165, 1.54) is 6.26 Å². The van der Waals surface area contributed by atoms with Gasteiger partial charge < -0.3 is 4.90 Å². The minimum atomic E-state index is -3.21. The fraction of sp³-hybridized carbons (Fsp3) is 1.00. The number of sulfonamides is 1. The molecule has 140 valence electrons. The first-order valence-corrected chi connectivity index (χ1v) is 10.3. The Bertz CT molecular complexity index is 447. The van der Waals surface area contributed by atoms with E-state index in [1.807, 2.05) is 20.8 Å². The summed E-state index contributed by atoms with van der Waals surface area (Å²) in [5.74, 6) is 0. The molecule has 0 N–H and O–H groups in total. The number of hydrogen-bond acceptors (Lipinski definition) is 4. The van der Waals surface area contributed by atoms with Crippen LogP contribution >= 0.6 is 0 Å². The van der Waals surface area contributed by atoms with Crippen LogP contribution < -0.4 is 0 Å². The Hall–Kier alpha value is -0.170. The summed E-state index contributed by atoms with van der Waals surface area (Å²) in [5.41, 5.74) is -0.240. The standard InChI is InChI=1S/C17H39N3O2S/c1-15(16(2,3)4)19(12-11-18(8)9)13-14-20(17(5,6)7)23(10,21)22/h15H,11-14H2,1-10H3. The van der Waals surface area contributed by atoms with E-state index >= 15 is 0 Å². The molecular formula is C17H39N3O2S. The lowest BCUT2D eigenvalue weighted by molar-refractivity contribution is 0.0920. The van der Waals surface area contributed by atoms with E-state index in [-0.39, 0.29) is 5.41 Å². The highest BCUT2D eigenvalue weighted by Gasteiger charge is 2.32. The summed E-state index contributed by atoms with van der Waals surface area (Å²) < 4.78 is 25.9. The van der Waals surface area contributed by atoms with Crippen molar-refractivity contribution in [2.75, 3.05) is 46.5 Å². The van der Waals surface area contributed by atoms with Crippen LogP contribution in [0.2, 0.25) is 0 Å². The van der Waals surface area contributed by atoms with Gasteiger partial charge >= 0.3 is 0 Å². The average molecular weight is 350 g/mol. The Morgan fingerprint density at radius 2 is 1.30 bits per heavy atom. The molecule has 1 unspecified atom stereocenters. The van der Waals surface area contributed by atoms with Crippen molar-refractivity contribution in [3.63, 3.8) is 0 Å². The normalized spacial score (nSPS) is 15.7. The number of likely N-dealkylation sites (N-methyl/N-ethyl adjacent to an activating group) is 1. The molecule has 0 aromatic carbocycles. The Balaban J connectivity index is 5.15. The van der Waals surface area contributed by atoms with Crippen molar-refractivity contribution in [3.8, 4) is 0 Å². The molecule has 0 aliphatic heterocycles. The summed E-state index contributed by atoms with van der Waals surface area (Å²) in [5, 5.41) is 0. The minimum absolute atomic E-state index is 0.157. The third-order valence-electron chi connectivity index (χ3n) is 4.37. The fourth-order valence-corrected chi connectivity index (χ4v) is 4.00. The number of nitrogens with zero attached hydrogens (tertiary/aromatic N) is 3. The van der Waals surface area contributed by atoms with Gasteiger partial charge in [0.05, 0.1) is 6.26 Å². The van der Waals surface area contributed by atoms with E-state index in [0.717, 1.165) is 19.6 Å². The first-order chi connectivity index (χ1) is 10.1. The van der Waals surface area contributed by atoms with E-state index in [2.05, 4.69) is 51.6 Å². The molecule has 0 rings (SSSR count). The second kappa shape index (κ2) is 8.28. The largest absolute Gasteiger partial charge is 0.308 e. The molecule has 0 saturated heterocycles. The van der Waals surface area contributed by atoms with E-state index in [1.54, 1.807) is 4.31 Å². The van der Waals surface area contributed by atoms with E-state index in [0.29, 0.717) is 12.6 Å². The molecule has 5 nitrogen and oxygen atoms in total. The van der Waals surface area contributed by atoms with Crippen molar-refractivity contribution in [1.82, 2.24) is 14.1 Å². The van der Waals surface area contributed by atoms with Crippen LogP contribution in [-0.2, 0) is 10.0 Å². The second-order valence-corrected chi connectivity index (χ2v) is 10.8. The average Bonchev–Trinajstić information content (AvgIpc) is 2.27. The minimum Gasteiger partial charge on any atom is -0.308 e. The van der Waals surface area contributed by atoms with Crippen molar-refractivity contribution in [1.29, 1.82) is 0 Å². The monoisotopic (exact) mass is 349 g/mol. The lowest BCUT2D eigenvalue weighted by atomic mass is 9.87. The van der Waals surface area contributed by atoms with Crippen LogP contribution in [0.4, 0.5) is 0 Å². The molecule has 1 atom stereocenters. The van der Waals surface area contributed by atoms with Crippen LogP contribution in [-0.4, -0.2) is 80.6 Å². The molecule has 0 aromatic rings. The van der Waals surface area contributed by atoms with E-state index in [9.17, 15) is 8.42 Å². The molecule has 6 heteroatoms. The molecule has 0 heterocycles. The zero-order valence-corrected chi connectivity index (χ0v) is 17.8. The van der Waals surface area contributed by atoms with E-state index in [4.69, 9.17) is 0 Å². The molecule has 0 aromatic heterocycles. The van der Waals surface area contributed by atoms with Gasteiger partial charge in [0.2, 0.25) is 10.0 Å². The zero-order chi connectivity index (χ0) is 18.6. The first-order valence-electron chi connectivity index (χ1n) is 8.43. The Kier molecular flexibility index (Phi) is 8.21. The highest BCUT2D eigenvalue weighted by molar-refractivity contribution is 7.88. The predicted octanol–water partition coefficient (Wildman–Crippen LogP) is 2.34. The summed E-state index contributed by atoms with van der Waals surface area (Å²) in [4.78, 5) is 4.57. The molecule has 0 fully saturated rings. The lowest BCUT2D eigenvalue weighted by Gasteiger charge is -2.41. The molecule has 0 spiro atoms. The van der Waals surface area contributed by atoms with Crippen LogP contribution in [0.25, 0.3) is 0 Å². The summed E-state index contributed by atoms with van der Waals surface area (Å²) >= 11 is 0. The Morgan fingerprint density at radius 1 is 0.870 bits per heavy atom. The quantitative estimate of drug-likeness (QED) is 0.675. The van der Waals surface area contributed by atoms with Crippen LogP contribution in [0.5, 0.6) is 0 Å². The molecular weight excluding hydrogens is 310 g/mol. The van der Waals surface area contributed by atoms with Crippen molar-refractivity contribution >= 4 is 10.0 Å². The SMILES string of the molecule is CC(N(CCN(C)C)CCN(C(C)(C)C)S(C)(=O)=O)C(C)(C)C. The summed E-state index contributed by atoms with van der Waals surface area (Å²) in [7, 11) is 0.920. The summed E-state index contributed by atoms with van der Waals surface area (Å²) in [6.07, 6.45) is 1.30. The fourth-order valence-electron chi connectivity index (χ4n) is 2.59. The van der Waals surface area contributed by atoms with Gasteiger partial charge in [-0.15, -0.1) is 0 Å². The van der Waals surface area contributed by atoms with Crippen molar-refractivity contribution in [2.24, 2.45) is 5.41 Å². The van der Waals surface area contributed by atoms with Gasteiger partial charge in [0.1, 0.15) is 0 Å². The van der Waals surface area contributed by atoms with Gasteiger partial charge in [-0.2, -0.15) is 4.31 Å². The lowest BCUT2D eigenvalue weighted by Crippen LogP contribution is -2.52. The number of rotatable bonds is 8. The van der Waals surface area contributed by atoms with Gasteiger partial charge in [-0.25, -0.2) is 8.42 Å². The van der Waals surface area contributed by atoms with Gasteiger partial charge in [0.25, 0.3) is 0 Å². The maximum absolute atomic E-state index is 12.1. The zero-order valence-electron chi connectivity index (χ0n) is 17.0. The third kappa shape index (κ3) is 8.47.